The number of hydrogen-bond acceptors (Lipinski definition) is 3. The minimum absolute atomic E-state index is 0.276. The summed E-state index contributed by atoms with van der Waals surface area (Å²) in [5.41, 5.74) is 1.32. The van der Waals surface area contributed by atoms with E-state index < -0.39 is 0 Å². The third-order valence-electron chi connectivity index (χ3n) is 3.78. The Morgan fingerprint density at radius 3 is 2.74 bits per heavy atom. The van der Waals surface area contributed by atoms with E-state index in [1.807, 2.05) is 11.8 Å². The summed E-state index contributed by atoms with van der Waals surface area (Å²) >= 11 is 1.95. The molecule has 1 aromatic rings. The smallest absolute Gasteiger partial charge is 0.123 e. The van der Waals surface area contributed by atoms with Gasteiger partial charge in [-0.1, -0.05) is 0 Å². The van der Waals surface area contributed by atoms with E-state index in [-0.39, 0.29) is 5.82 Å². The maximum atomic E-state index is 13.2. The largest absolute Gasteiger partial charge is 0.310 e. The summed E-state index contributed by atoms with van der Waals surface area (Å²) in [6, 6.07) is 6.96. The third kappa shape index (κ3) is 3.95. The summed E-state index contributed by atoms with van der Waals surface area (Å²) in [6.07, 6.45) is 7.00. The fourth-order valence-corrected chi connectivity index (χ4v) is 3.32. The molecule has 0 amide bonds. The summed E-state index contributed by atoms with van der Waals surface area (Å²) < 4.78 is 13.2. The lowest BCUT2D eigenvalue weighted by Crippen LogP contribution is -2.33. The van der Waals surface area contributed by atoms with Crippen molar-refractivity contribution >= 4 is 11.8 Å². The second-order valence-electron chi connectivity index (χ2n) is 5.00. The van der Waals surface area contributed by atoms with Crippen LogP contribution in [0.4, 0.5) is 4.39 Å². The molecule has 2 rings (SSSR count). The molecule has 1 saturated carbocycles. The normalized spacial score (nSPS) is 23.0. The molecule has 0 aliphatic heterocycles. The van der Waals surface area contributed by atoms with Gasteiger partial charge in [0.05, 0.1) is 11.6 Å². The van der Waals surface area contributed by atoms with Crippen LogP contribution in [0.2, 0.25) is 0 Å². The van der Waals surface area contributed by atoms with Gasteiger partial charge in [0.1, 0.15) is 5.82 Å². The van der Waals surface area contributed by atoms with Crippen molar-refractivity contribution in [1.29, 1.82) is 5.26 Å². The molecule has 0 atom stereocenters. The molecule has 0 saturated heterocycles. The second kappa shape index (κ2) is 6.93. The maximum absolute atomic E-state index is 13.2. The van der Waals surface area contributed by atoms with Crippen molar-refractivity contribution in [2.45, 2.75) is 43.5 Å². The molecule has 1 fully saturated rings. The molecule has 0 aromatic heterocycles. The van der Waals surface area contributed by atoms with Crippen molar-refractivity contribution in [3.05, 3.63) is 35.1 Å². The molecule has 102 valence electrons. The van der Waals surface area contributed by atoms with Crippen molar-refractivity contribution in [3.63, 3.8) is 0 Å². The van der Waals surface area contributed by atoms with Gasteiger partial charge < -0.3 is 5.32 Å². The molecule has 0 unspecified atom stereocenters. The van der Waals surface area contributed by atoms with Gasteiger partial charge in [-0.25, -0.2) is 4.39 Å². The van der Waals surface area contributed by atoms with Crippen LogP contribution in [0.15, 0.2) is 18.2 Å². The van der Waals surface area contributed by atoms with E-state index in [0.29, 0.717) is 18.2 Å². The molecule has 2 nitrogen and oxygen atoms in total. The number of benzene rings is 1. The van der Waals surface area contributed by atoms with Gasteiger partial charge in [-0.3, -0.25) is 0 Å². The van der Waals surface area contributed by atoms with Crippen molar-refractivity contribution in [1.82, 2.24) is 5.32 Å². The Hall–Kier alpha value is -1.05. The maximum Gasteiger partial charge on any atom is 0.123 e. The first kappa shape index (κ1) is 14.4. The van der Waals surface area contributed by atoms with Crippen molar-refractivity contribution < 1.29 is 4.39 Å². The Bertz CT molecular complexity index is 462. The molecule has 1 N–H and O–H groups in total. The Morgan fingerprint density at radius 1 is 1.37 bits per heavy atom. The zero-order valence-electron chi connectivity index (χ0n) is 11.2. The van der Waals surface area contributed by atoms with E-state index in [1.54, 1.807) is 6.07 Å². The lowest BCUT2D eigenvalue weighted by Gasteiger charge is -2.28. The van der Waals surface area contributed by atoms with Gasteiger partial charge in [0.25, 0.3) is 0 Å². The third-order valence-corrected chi connectivity index (χ3v) is 4.91. The van der Waals surface area contributed by atoms with Crippen LogP contribution in [-0.2, 0) is 6.54 Å². The van der Waals surface area contributed by atoms with Gasteiger partial charge in [-0.15, -0.1) is 0 Å². The highest BCUT2D eigenvalue weighted by molar-refractivity contribution is 7.99. The highest BCUT2D eigenvalue weighted by Crippen LogP contribution is 2.27. The number of nitriles is 1. The second-order valence-corrected chi connectivity index (χ2v) is 6.14. The molecular formula is C15H19FN2S. The standard InChI is InChI=1S/C15H19FN2S/c1-19-15-6-4-14(5-7-15)18-10-12-8-13(16)3-2-11(12)9-17/h2-3,8,14-15,18H,4-7,10H2,1H3. The van der Waals surface area contributed by atoms with Crippen LogP contribution in [0.5, 0.6) is 0 Å². The van der Waals surface area contributed by atoms with Crippen LogP contribution in [0.25, 0.3) is 0 Å². The first-order valence-corrected chi connectivity index (χ1v) is 7.96. The lowest BCUT2D eigenvalue weighted by atomic mass is 9.94. The number of thioether (sulfide) groups is 1. The van der Waals surface area contributed by atoms with Crippen molar-refractivity contribution in [3.8, 4) is 6.07 Å². The van der Waals surface area contributed by atoms with E-state index in [2.05, 4.69) is 17.6 Å². The molecule has 1 aromatic carbocycles. The molecular weight excluding hydrogens is 259 g/mol. The number of nitrogens with zero attached hydrogens (tertiary/aromatic N) is 1. The van der Waals surface area contributed by atoms with Crippen LogP contribution in [0, 0.1) is 17.1 Å². The molecule has 1 aliphatic rings. The van der Waals surface area contributed by atoms with E-state index in [0.717, 1.165) is 10.8 Å². The number of nitrogens with one attached hydrogen (secondary N) is 1. The van der Waals surface area contributed by atoms with Crippen LogP contribution in [0.3, 0.4) is 0 Å². The number of halogens is 1. The highest BCUT2D eigenvalue weighted by Gasteiger charge is 2.20. The average Bonchev–Trinajstić information content (AvgIpc) is 2.46. The predicted molar refractivity (Wildman–Crippen MR) is 77.5 cm³/mol. The predicted octanol–water partition coefficient (Wildman–Crippen LogP) is 3.46. The minimum atomic E-state index is -0.276. The number of rotatable bonds is 4. The molecule has 4 heteroatoms. The monoisotopic (exact) mass is 278 g/mol. The molecule has 0 heterocycles. The first-order valence-electron chi connectivity index (χ1n) is 6.67. The van der Waals surface area contributed by atoms with Crippen LogP contribution < -0.4 is 5.32 Å². The van der Waals surface area contributed by atoms with Crippen LogP contribution in [0.1, 0.15) is 36.8 Å². The first-order chi connectivity index (χ1) is 9.22. The van der Waals surface area contributed by atoms with E-state index in [9.17, 15) is 4.39 Å². The van der Waals surface area contributed by atoms with E-state index in [1.165, 1.54) is 37.8 Å². The summed E-state index contributed by atoms with van der Waals surface area (Å²) in [6.45, 7) is 0.579. The van der Waals surface area contributed by atoms with Gasteiger partial charge in [0, 0.05) is 17.8 Å². The van der Waals surface area contributed by atoms with Crippen LogP contribution >= 0.6 is 11.8 Å². The van der Waals surface area contributed by atoms with E-state index in [4.69, 9.17) is 5.26 Å². The quantitative estimate of drug-likeness (QED) is 0.916. The lowest BCUT2D eigenvalue weighted by molar-refractivity contribution is 0.378. The minimum Gasteiger partial charge on any atom is -0.310 e. The fraction of sp³-hybridized carbons (Fsp3) is 0.533. The molecule has 1 aliphatic carbocycles. The highest BCUT2D eigenvalue weighted by atomic mass is 32.2. The zero-order chi connectivity index (χ0) is 13.7. The van der Waals surface area contributed by atoms with Crippen molar-refractivity contribution in [2.24, 2.45) is 0 Å². The van der Waals surface area contributed by atoms with Gasteiger partial charge in [-0.05, 0) is 55.7 Å². The summed E-state index contributed by atoms with van der Waals surface area (Å²) in [7, 11) is 0. The Kier molecular flexibility index (Phi) is 5.24. The zero-order valence-corrected chi connectivity index (χ0v) is 12.0. The SMILES string of the molecule is CSC1CCC(NCc2cc(F)ccc2C#N)CC1. The molecule has 19 heavy (non-hydrogen) atoms. The summed E-state index contributed by atoms with van der Waals surface area (Å²) in [5, 5.41) is 13.3. The Balaban J connectivity index is 1.89. The van der Waals surface area contributed by atoms with Gasteiger partial charge in [0.15, 0.2) is 0 Å². The Labute approximate surface area is 118 Å². The molecule has 0 radical (unpaired) electrons. The summed E-state index contributed by atoms with van der Waals surface area (Å²) in [5.74, 6) is -0.276. The fourth-order valence-electron chi connectivity index (χ4n) is 2.57. The number of hydrogen-bond donors (Lipinski definition) is 1. The van der Waals surface area contributed by atoms with Gasteiger partial charge in [-0.2, -0.15) is 17.0 Å². The topological polar surface area (TPSA) is 35.8 Å². The van der Waals surface area contributed by atoms with Crippen LogP contribution in [-0.4, -0.2) is 17.5 Å². The summed E-state index contributed by atoms with van der Waals surface area (Å²) in [4.78, 5) is 0. The average molecular weight is 278 g/mol. The van der Waals surface area contributed by atoms with Gasteiger partial charge in [0.2, 0.25) is 0 Å². The van der Waals surface area contributed by atoms with Gasteiger partial charge >= 0.3 is 0 Å². The molecule has 0 spiro atoms. The Morgan fingerprint density at radius 2 is 2.11 bits per heavy atom. The molecule has 0 bridgehead atoms. The van der Waals surface area contributed by atoms with Crippen molar-refractivity contribution in [2.75, 3.05) is 6.26 Å². The van der Waals surface area contributed by atoms with E-state index >= 15 is 0 Å².